The van der Waals surface area contributed by atoms with Crippen molar-refractivity contribution in [3.63, 3.8) is 0 Å². The third-order valence-electron chi connectivity index (χ3n) is 1.84. The summed E-state index contributed by atoms with van der Waals surface area (Å²) >= 11 is 0. The maximum Gasteiger partial charge on any atom is 0.503 e. The van der Waals surface area contributed by atoms with Gasteiger partial charge >= 0.3 is 8.80 Å². The van der Waals surface area contributed by atoms with Crippen LogP contribution in [0.3, 0.4) is 0 Å². The monoisotopic (exact) mass is 291 g/mol. The summed E-state index contributed by atoms with van der Waals surface area (Å²) in [5.74, 6) is 0. The Hall–Kier alpha value is 0.0569. The summed E-state index contributed by atoms with van der Waals surface area (Å²) in [7, 11) is -2.83. The number of hydrogen-bond acceptors (Lipinski definition) is 4. The van der Waals surface area contributed by atoms with Crippen molar-refractivity contribution in [2.45, 2.75) is 85.2 Å². The van der Waals surface area contributed by atoms with Gasteiger partial charge in [0.05, 0.1) is 16.8 Å². The van der Waals surface area contributed by atoms with E-state index in [4.69, 9.17) is 19.0 Å². The van der Waals surface area contributed by atoms with E-state index < -0.39 is 8.80 Å². The van der Waals surface area contributed by atoms with E-state index in [1.807, 2.05) is 62.3 Å². The zero-order valence-electron chi connectivity index (χ0n) is 14.2. The molecule has 0 heterocycles. The first kappa shape index (κ1) is 19.1. The molecule has 0 atom stereocenters. The molecule has 0 unspecified atom stereocenters. The van der Waals surface area contributed by atoms with Crippen molar-refractivity contribution in [3.05, 3.63) is 0 Å². The van der Waals surface area contributed by atoms with Crippen LogP contribution in [0.15, 0.2) is 0 Å². The second kappa shape index (κ2) is 6.22. The lowest BCUT2D eigenvalue weighted by atomic mass is 10.2. The van der Waals surface area contributed by atoms with Gasteiger partial charge in [0.1, 0.15) is 0 Å². The number of rotatable bonds is 5. The molecule has 116 valence electrons. The fourth-order valence-corrected chi connectivity index (χ4v) is 5.38. The second-order valence-electron chi connectivity index (χ2n) is 7.86. The highest BCUT2D eigenvalue weighted by Crippen LogP contribution is 2.31. The molecule has 0 aromatic heterocycles. The first-order chi connectivity index (χ1) is 8.18. The Kier molecular flexibility index (Phi) is 6.24. The summed E-state index contributed by atoms with van der Waals surface area (Å²) in [5, 5.41) is 0. The smallest absolute Gasteiger partial charge is 0.368 e. The second-order valence-corrected chi connectivity index (χ2v) is 10.3. The van der Waals surface area contributed by atoms with Crippen LogP contribution in [0.4, 0.5) is 0 Å². The first-order valence-electron chi connectivity index (χ1n) is 6.99. The van der Waals surface area contributed by atoms with Crippen molar-refractivity contribution in [1.82, 2.24) is 0 Å². The molecule has 4 nitrogen and oxygen atoms in total. The normalized spacial score (nSPS) is 14.8. The molecule has 0 aromatic carbocycles. The van der Waals surface area contributed by atoms with Gasteiger partial charge in [-0.25, -0.2) is 0 Å². The van der Waals surface area contributed by atoms with E-state index >= 15 is 0 Å². The van der Waals surface area contributed by atoms with Crippen LogP contribution in [0.1, 0.15) is 62.3 Å². The van der Waals surface area contributed by atoms with Gasteiger partial charge in [-0.1, -0.05) is 0 Å². The van der Waals surface area contributed by atoms with Crippen molar-refractivity contribution in [2.24, 2.45) is 5.73 Å². The van der Waals surface area contributed by atoms with E-state index in [9.17, 15) is 0 Å². The van der Waals surface area contributed by atoms with Crippen LogP contribution < -0.4 is 5.73 Å². The van der Waals surface area contributed by atoms with E-state index in [-0.39, 0.29) is 16.8 Å². The quantitative estimate of drug-likeness (QED) is 0.789. The molecule has 0 radical (unpaired) electrons. The minimum atomic E-state index is -2.83. The molecule has 0 amide bonds. The van der Waals surface area contributed by atoms with Crippen LogP contribution in [-0.4, -0.2) is 32.2 Å². The van der Waals surface area contributed by atoms with Crippen LogP contribution in [0.25, 0.3) is 0 Å². The largest absolute Gasteiger partial charge is 0.503 e. The molecule has 0 spiro atoms. The van der Waals surface area contributed by atoms with E-state index in [1.165, 1.54) is 0 Å². The maximum absolute atomic E-state index is 6.23. The predicted molar refractivity (Wildman–Crippen MR) is 82.1 cm³/mol. The van der Waals surface area contributed by atoms with Crippen LogP contribution in [0, 0.1) is 0 Å². The highest BCUT2D eigenvalue weighted by Gasteiger charge is 2.49. The predicted octanol–water partition coefficient (Wildman–Crippen LogP) is 3.33. The SMILES string of the molecule is CC(C)(C)O[Si](CCN)(OC(C)(C)C)OC(C)(C)C. The molecular formula is C14H33NO3Si. The Morgan fingerprint density at radius 1 is 0.684 bits per heavy atom. The number of nitrogens with two attached hydrogens (primary N) is 1. The molecule has 0 fully saturated rings. The zero-order chi connectivity index (χ0) is 15.5. The minimum Gasteiger partial charge on any atom is -0.368 e. The van der Waals surface area contributed by atoms with E-state index in [1.54, 1.807) is 0 Å². The average Bonchev–Trinajstić information content (AvgIpc) is 1.90. The lowest BCUT2D eigenvalue weighted by molar-refractivity contribution is -0.0748. The summed E-state index contributed by atoms with van der Waals surface area (Å²) < 4.78 is 18.7. The summed E-state index contributed by atoms with van der Waals surface area (Å²) in [6, 6.07) is 0.624. The van der Waals surface area contributed by atoms with E-state index in [0.29, 0.717) is 12.6 Å². The van der Waals surface area contributed by atoms with Gasteiger partial charge in [0.2, 0.25) is 0 Å². The zero-order valence-corrected chi connectivity index (χ0v) is 15.2. The molecule has 2 N–H and O–H groups in total. The lowest BCUT2D eigenvalue weighted by Gasteiger charge is -2.42. The molecule has 5 heteroatoms. The third kappa shape index (κ3) is 9.57. The van der Waals surface area contributed by atoms with Crippen LogP contribution in [0.2, 0.25) is 6.04 Å². The fourth-order valence-electron chi connectivity index (χ4n) is 1.79. The summed E-state index contributed by atoms with van der Waals surface area (Å²) in [5.41, 5.74) is 4.80. The van der Waals surface area contributed by atoms with E-state index in [0.717, 1.165) is 0 Å². The molecule has 0 aliphatic carbocycles. The maximum atomic E-state index is 6.23. The Labute approximate surface area is 120 Å². The van der Waals surface area contributed by atoms with Crippen molar-refractivity contribution in [2.75, 3.05) is 6.54 Å². The standard InChI is InChI=1S/C14H33NO3Si/c1-12(2,3)16-19(11-10-15,17-13(4,5)6)18-14(7,8)9/h10-11,15H2,1-9H3. The number of hydrogen-bond donors (Lipinski definition) is 1. The van der Waals surface area contributed by atoms with Gasteiger partial charge in [-0.05, 0) is 68.9 Å². The van der Waals surface area contributed by atoms with Crippen LogP contribution in [-0.2, 0) is 13.3 Å². The third-order valence-corrected chi connectivity index (χ3v) is 5.51. The fraction of sp³-hybridized carbons (Fsp3) is 1.00. The van der Waals surface area contributed by atoms with Crippen molar-refractivity contribution in [1.29, 1.82) is 0 Å². The molecule has 0 saturated heterocycles. The molecule has 0 aliphatic heterocycles. The van der Waals surface area contributed by atoms with Crippen LogP contribution >= 0.6 is 0 Å². The Balaban J connectivity index is 5.34. The van der Waals surface area contributed by atoms with Gasteiger partial charge in [-0.15, -0.1) is 0 Å². The van der Waals surface area contributed by atoms with Gasteiger partial charge in [-0.3, -0.25) is 0 Å². The molecule has 0 saturated carbocycles. The highest BCUT2D eigenvalue weighted by atomic mass is 28.4. The van der Waals surface area contributed by atoms with Gasteiger partial charge < -0.3 is 19.0 Å². The van der Waals surface area contributed by atoms with Crippen molar-refractivity contribution in [3.8, 4) is 0 Å². The Bertz CT molecular complexity index is 233. The Morgan fingerprint density at radius 3 is 1.11 bits per heavy atom. The van der Waals surface area contributed by atoms with Gasteiger partial charge in [-0.2, -0.15) is 0 Å². The topological polar surface area (TPSA) is 53.7 Å². The first-order valence-corrected chi connectivity index (χ1v) is 8.92. The minimum absolute atomic E-state index is 0.322. The molecule has 0 aliphatic rings. The van der Waals surface area contributed by atoms with Crippen molar-refractivity contribution >= 4 is 8.80 Å². The van der Waals surface area contributed by atoms with E-state index in [2.05, 4.69) is 0 Å². The summed E-state index contributed by atoms with van der Waals surface area (Å²) in [6.07, 6.45) is 0. The molecule has 0 aromatic rings. The summed E-state index contributed by atoms with van der Waals surface area (Å²) in [4.78, 5) is 0. The lowest BCUT2D eigenvalue weighted by Crippen LogP contribution is -2.57. The Morgan fingerprint density at radius 2 is 0.947 bits per heavy atom. The van der Waals surface area contributed by atoms with Gasteiger partial charge in [0.25, 0.3) is 0 Å². The molecular weight excluding hydrogens is 258 g/mol. The average molecular weight is 292 g/mol. The van der Waals surface area contributed by atoms with Gasteiger partial charge in [0, 0.05) is 6.04 Å². The van der Waals surface area contributed by atoms with Gasteiger partial charge in [0.15, 0.2) is 0 Å². The molecule has 0 rings (SSSR count). The van der Waals surface area contributed by atoms with Crippen LogP contribution in [0.5, 0.6) is 0 Å². The summed E-state index contributed by atoms with van der Waals surface area (Å²) in [6.45, 7) is 18.6. The van der Waals surface area contributed by atoms with Crippen molar-refractivity contribution < 1.29 is 13.3 Å². The molecule has 19 heavy (non-hydrogen) atoms. The molecule has 0 bridgehead atoms. The highest BCUT2D eigenvalue weighted by molar-refractivity contribution is 6.61.